The molecule has 0 aromatic heterocycles. The van der Waals surface area contributed by atoms with Gasteiger partial charge in [0.15, 0.2) is 11.6 Å². The molecule has 0 aliphatic heterocycles. The number of unbranched alkanes of at least 4 members (excludes halogenated alkanes) is 3. The monoisotopic (exact) mass is 470 g/mol. The molecule has 2 fully saturated rings. The summed E-state index contributed by atoms with van der Waals surface area (Å²) in [6.07, 6.45) is 18.6. The summed E-state index contributed by atoms with van der Waals surface area (Å²) in [7, 11) is 0. The number of aryl methyl sites for hydroxylation is 1. The van der Waals surface area contributed by atoms with Crippen molar-refractivity contribution in [3.8, 4) is 0 Å². The van der Waals surface area contributed by atoms with Crippen LogP contribution in [0.15, 0.2) is 30.4 Å². The highest BCUT2D eigenvalue weighted by Gasteiger charge is 2.36. The lowest BCUT2D eigenvalue weighted by Crippen LogP contribution is -2.30. The first kappa shape index (κ1) is 25.3. The molecular weight excluding hydrogens is 429 g/mol. The van der Waals surface area contributed by atoms with Gasteiger partial charge in [0.05, 0.1) is 5.39 Å². The molecule has 0 nitrogen and oxygen atoms in total. The van der Waals surface area contributed by atoms with Crippen LogP contribution < -0.4 is 0 Å². The van der Waals surface area contributed by atoms with E-state index in [4.69, 9.17) is 0 Å². The summed E-state index contributed by atoms with van der Waals surface area (Å²) in [6.45, 7) is 4.17. The highest BCUT2D eigenvalue weighted by Crippen LogP contribution is 2.49. The summed E-state index contributed by atoms with van der Waals surface area (Å²) >= 11 is 0. The summed E-state index contributed by atoms with van der Waals surface area (Å²) in [5.74, 6) is -0.0646. The predicted molar refractivity (Wildman–Crippen MR) is 137 cm³/mol. The molecule has 2 aliphatic rings. The van der Waals surface area contributed by atoms with Crippen molar-refractivity contribution in [2.24, 2.45) is 17.8 Å². The van der Waals surface area contributed by atoms with E-state index >= 15 is 8.78 Å². The standard InChI is InChI=1S/C31H41F3/c1-3-5-7-9-10-21-12-13-23-19-24(15-14-22(23)18-21)27-17-16-25-20-26(11-8-6-4-2)29(32)31(34)28(25)30(27)33/h4,6,16-17,20-24H,3,5,7-15,18-19H2,1-2H3/b6-4+. The van der Waals surface area contributed by atoms with Crippen molar-refractivity contribution in [1.29, 1.82) is 0 Å². The molecule has 0 bridgehead atoms. The number of benzene rings is 2. The highest BCUT2D eigenvalue weighted by molar-refractivity contribution is 5.85. The van der Waals surface area contributed by atoms with Crippen LogP contribution in [0, 0.1) is 35.2 Å². The van der Waals surface area contributed by atoms with Gasteiger partial charge in [-0.05, 0) is 98.1 Å². The Morgan fingerprint density at radius 3 is 2.47 bits per heavy atom. The Kier molecular flexibility index (Phi) is 8.77. The van der Waals surface area contributed by atoms with Crippen LogP contribution >= 0.6 is 0 Å². The predicted octanol–water partition coefficient (Wildman–Crippen LogP) is 10.0. The van der Waals surface area contributed by atoms with Crippen molar-refractivity contribution in [2.75, 3.05) is 0 Å². The quantitative estimate of drug-likeness (QED) is 0.253. The van der Waals surface area contributed by atoms with Gasteiger partial charge in [0.25, 0.3) is 0 Å². The molecule has 4 unspecified atom stereocenters. The van der Waals surface area contributed by atoms with Gasteiger partial charge in [-0.3, -0.25) is 0 Å². The Balaban J connectivity index is 1.46. The van der Waals surface area contributed by atoms with Gasteiger partial charge in [-0.1, -0.05) is 69.7 Å². The Bertz CT molecular complexity index is 992. The molecule has 186 valence electrons. The maximum atomic E-state index is 15.6. The van der Waals surface area contributed by atoms with Gasteiger partial charge in [0, 0.05) is 0 Å². The van der Waals surface area contributed by atoms with Crippen LogP contribution in [0.2, 0.25) is 0 Å². The van der Waals surface area contributed by atoms with Gasteiger partial charge in [0.2, 0.25) is 0 Å². The molecule has 4 atom stereocenters. The van der Waals surface area contributed by atoms with Crippen LogP contribution in [0.3, 0.4) is 0 Å². The van der Waals surface area contributed by atoms with Crippen LogP contribution in [0.5, 0.6) is 0 Å². The number of rotatable bonds is 9. The van der Waals surface area contributed by atoms with E-state index in [-0.39, 0.29) is 11.3 Å². The Morgan fingerprint density at radius 2 is 1.68 bits per heavy atom. The molecule has 3 heteroatoms. The third kappa shape index (κ3) is 5.55. The van der Waals surface area contributed by atoms with Gasteiger partial charge >= 0.3 is 0 Å². The van der Waals surface area contributed by atoms with Crippen molar-refractivity contribution in [3.63, 3.8) is 0 Å². The summed E-state index contributed by atoms with van der Waals surface area (Å²) < 4.78 is 45.3. The molecule has 2 aromatic carbocycles. The molecule has 4 rings (SSSR count). The minimum atomic E-state index is -1.02. The van der Waals surface area contributed by atoms with Gasteiger partial charge in [-0.25, -0.2) is 13.2 Å². The lowest BCUT2D eigenvalue weighted by Gasteiger charge is -2.42. The van der Waals surface area contributed by atoms with Crippen molar-refractivity contribution in [3.05, 3.63) is 58.9 Å². The summed E-state index contributed by atoms with van der Waals surface area (Å²) in [4.78, 5) is 0. The lowest BCUT2D eigenvalue weighted by molar-refractivity contribution is 0.112. The number of allylic oxidation sites excluding steroid dienone is 2. The Hall–Kier alpha value is -1.77. The van der Waals surface area contributed by atoms with Crippen LogP contribution in [-0.2, 0) is 6.42 Å². The van der Waals surface area contributed by atoms with Gasteiger partial charge in [-0.15, -0.1) is 0 Å². The molecule has 2 aliphatic carbocycles. The molecule has 2 saturated carbocycles. The zero-order valence-corrected chi connectivity index (χ0v) is 21.0. The second-order valence-corrected chi connectivity index (χ2v) is 10.9. The fourth-order valence-electron chi connectivity index (χ4n) is 6.75. The van der Waals surface area contributed by atoms with E-state index < -0.39 is 17.5 Å². The first-order chi connectivity index (χ1) is 16.5. The highest BCUT2D eigenvalue weighted by atomic mass is 19.2. The van der Waals surface area contributed by atoms with E-state index in [0.717, 1.165) is 31.1 Å². The molecule has 2 aromatic rings. The Morgan fingerprint density at radius 1 is 0.882 bits per heavy atom. The van der Waals surface area contributed by atoms with E-state index in [1.165, 1.54) is 51.4 Å². The van der Waals surface area contributed by atoms with E-state index in [1.807, 2.05) is 25.1 Å². The largest absolute Gasteiger partial charge is 0.206 e. The fraction of sp³-hybridized carbons (Fsp3) is 0.613. The zero-order chi connectivity index (χ0) is 24.1. The molecule has 0 N–H and O–H groups in total. The minimum absolute atomic E-state index is 0.114. The SMILES string of the molecule is C/C=C/CCc1cc2ccc(C3CCC4CC(CCCCCC)CCC4C3)c(F)c2c(F)c1F. The molecule has 34 heavy (non-hydrogen) atoms. The first-order valence-corrected chi connectivity index (χ1v) is 13.7. The van der Waals surface area contributed by atoms with E-state index in [2.05, 4.69) is 6.92 Å². The number of hydrogen-bond donors (Lipinski definition) is 0. The van der Waals surface area contributed by atoms with E-state index in [1.54, 1.807) is 12.1 Å². The smallest absolute Gasteiger partial charge is 0.169 e. The maximum Gasteiger partial charge on any atom is 0.169 e. The molecule has 0 saturated heterocycles. The van der Waals surface area contributed by atoms with Crippen LogP contribution in [0.1, 0.15) is 108 Å². The topological polar surface area (TPSA) is 0 Å². The zero-order valence-electron chi connectivity index (χ0n) is 21.0. The van der Waals surface area contributed by atoms with Crippen molar-refractivity contribution >= 4 is 10.8 Å². The van der Waals surface area contributed by atoms with E-state index in [0.29, 0.717) is 35.3 Å². The van der Waals surface area contributed by atoms with Gasteiger partial charge in [-0.2, -0.15) is 0 Å². The van der Waals surface area contributed by atoms with Gasteiger partial charge < -0.3 is 0 Å². The van der Waals surface area contributed by atoms with Crippen molar-refractivity contribution in [1.82, 2.24) is 0 Å². The second kappa shape index (κ2) is 11.8. The maximum absolute atomic E-state index is 15.6. The van der Waals surface area contributed by atoms with Crippen molar-refractivity contribution in [2.45, 2.75) is 103 Å². The average Bonchev–Trinajstić information content (AvgIpc) is 2.84. The molecule has 0 spiro atoms. The fourth-order valence-corrected chi connectivity index (χ4v) is 6.75. The average molecular weight is 471 g/mol. The van der Waals surface area contributed by atoms with E-state index in [9.17, 15) is 4.39 Å². The number of fused-ring (bicyclic) bond motifs is 2. The molecule has 0 radical (unpaired) electrons. The molecular formula is C31H41F3. The Labute approximate surface area is 204 Å². The third-order valence-corrected chi connectivity index (χ3v) is 8.67. The van der Waals surface area contributed by atoms with Crippen LogP contribution in [0.4, 0.5) is 13.2 Å². The normalized spacial score (nSPS) is 25.2. The summed E-state index contributed by atoms with van der Waals surface area (Å²) in [5, 5.41) is 0.301. The second-order valence-electron chi connectivity index (χ2n) is 10.9. The summed E-state index contributed by atoms with van der Waals surface area (Å²) in [5.41, 5.74) is 0.912. The first-order valence-electron chi connectivity index (χ1n) is 13.7. The van der Waals surface area contributed by atoms with Crippen LogP contribution in [-0.4, -0.2) is 0 Å². The molecule has 0 amide bonds. The molecule has 0 heterocycles. The number of hydrogen-bond acceptors (Lipinski definition) is 0. The summed E-state index contributed by atoms with van der Waals surface area (Å²) in [6, 6.07) is 5.27. The third-order valence-electron chi connectivity index (χ3n) is 8.67. The lowest BCUT2D eigenvalue weighted by atomic mass is 9.63. The van der Waals surface area contributed by atoms with Crippen LogP contribution in [0.25, 0.3) is 10.8 Å². The van der Waals surface area contributed by atoms with Gasteiger partial charge in [0.1, 0.15) is 5.82 Å². The number of halogens is 3. The van der Waals surface area contributed by atoms with Crippen molar-refractivity contribution < 1.29 is 13.2 Å². The minimum Gasteiger partial charge on any atom is -0.206 e.